The van der Waals surface area contributed by atoms with Gasteiger partial charge >= 0.3 is 0 Å². The molecule has 2 aliphatic rings. The number of imidazole rings is 1. The number of sulfonamides is 1. The first-order chi connectivity index (χ1) is 11.1. The molecular formula is C14H18N6O2S. The minimum atomic E-state index is -3.07. The second-order valence-electron chi connectivity index (χ2n) is 5.85. The molecule has 0 radical (unpaired) electrons. The van der Waals surface area contributed by atoms with Crippen LogP contribution in [0.1, 0.15) is 12.8 Å². The third kappa shape index (κ3) is 2.81. The first kappa shape index (κ1) is 14.6. The van der Waals surface area contributed by atoms with E-state index in [1.807, 2.05) is 18.3 Å². The average Bonchev–Trinajstić information content (AvgIpc) is 3.32. The molecule has 0 bridgehead atoms. The number of rotatable bonds is 4. The number of aromatic nitrogens is 4. The fourth-order valence-corrected chi connectivity index (χ4v) is 4.59. The van der Waals surface area contributed by atoms with E-state index < -0.39 is 10.0 Å². The van der Waals surface area contributed by atoms with E-state index in [0.29, 0.717) is 32.0 Å². The Morgan fingerprint density at radius 3 is 2.26 bits per heavy atom. The van der Waals surface area contributed by atoms with Gasteiger partial charge in [0.2, 0.25) is 10.0 Å². The largest absolute Gasteiger partial charge is 0.352 e. The Labute approximate surface area is 134 Å². The van der Waals surface area contributed by atoms with Gasteiger partial charge in [-0.05, 0) is 25.0 Å². The molecule has 0 atom stereocenters. The van der Waals surface area contributed by atoms with Gasteiger partial charge in [-0.1, -0.05) is 0 Å². The molecule has 0 N–H and O–H groups in total. The van der Waals surface area contributed by atoms with Gasteiger partial charge in [0.15, 0.2) is 11.6 Å². The molecule has 9 heteroatoms. The van der Waals surface area contributed by atoms with E-state index in [2.05, 4.69) is 20.1 Å². The Hall–Kier alpha value is -2.00. The maximum atomic E-state index is 12.2. The summed E-state index contributed by atoms with van der Waals surface area (Å²) in [5.41, 5.74) is 0. The van der Waals surface area contributed by atoms with Crippen molar-refractivity contribution in [1.82, 2.24) is 24.1 Å². The standard InChI is InChI=1S/C14H18N6O2S/c21-23(22,12-1-2-12)20-9-7-18(8-10-20)13-3-4-14(17-16-13)19-6-5-15-11-19/h3-6,11-12H,1-2,7-10H2. The van der Waals surface area contributed by atoms with Gasteiger partial charge in [-0.3, -0.25) is 4.57 Å². The predicted molar refractivity (Wildman–Crippen MR) is 84.9 cm³/mol. The van der Waals surface area contributed by atoms with Crippen LogP contribution in [-0.4, -0.2) is 63.9 Å². The smallest absolute Gasteiger partial charge is 0.217 e. The van der Waals surface area contributed by atoms with Crippen LogP contribution in [0.2, 0.25) is 0 Å². The van der Waals surface area contributed by atoms with Crippen molar-refractivity contribution in [3.63, 3.8) is 0 Å². The lowest BCUT2D eigenvalue weighted by atomic mass is 10.3. The Balaban J connectivity index is 1.42. The van der Waals surface area contributed by atoms with Crippen molar-refractivity contribution in [2.45, 2.75) is 18.1 Å². The van der Waals surface area contributed by atoms with Gasteiger partial charge in [0.1, 0.15) is 6.33 Å². The summed E-state index contributed by atoms with van der Waals surface area (Å²) in [6.07, 6.45) is 6.79. The summed E-state index contributed by atoms with van der Waals surface area (Å²) < 4.78 is 27.9. The van der Waals surface area contributed by atoms with Gasteiger partial charge in [-0.2, -0.15) is 4.31 Å². The van der Waals surface area contributed by atoms with E-state index in [-0.39, 0.29) is 5.25 Å². The molecule has 2 fully saturated rings. The molecule has 1 aliphatic carbocycles. The minimum absolute atomic E-state index is 0.136. The molecule has 1 aliphatic heterocycles. The molecule has 1 saturated carbocycles. The summed E-state index contributed by atoms with van der Waals surface area (Å²) in [5.74, 6) is 1.48. The van der Waals surface area contributed by atoms with Gasteiger partial charge in [0.05, 0.1) is 5.25 Å². The lowest BCUT2D eigenvalue weighted by Crippen LogP contribution is -2.49. The van der Waals surface area contributed by atoms with Crippen LogP contribution in [0.4, 0.5) is 5.82 Å². The fraction of sp³-hybridized carbons (Fsp3) is 0.500. The number of nitrogens with zero attached hydrogens (tertiary/aromatic N) is 6. The summed E-state index contributed by atoms with van der Waals surface area (Å²) in [6.45, 7) is 2.32. The third-order valence-electron chi connectivity index (χ3n) is 4.27. The topological polar surface area (TPSA) is 84.2 Å². The average molecular weight is 334 g/mol. The summed E-state index contributed by atoms with van der Waals surface area (Å²) in [6, 6.07) is 3.80. The molecular weight excluding hydrogens is 316 g/mol. The predicted octanol–water partition coefficient (Wildman–Crippen LogP) is 0.276. The minimum Gasteiger partial charge on any atom is -0.352 e. The maximum absolute atomic E-state index is 12.2. The number of hydrogen-bond acceptors (Lipinski definition) is 6. The third-order valence-corrected chi connectivity index (χ3v) is 6.67. The Morgan fingerprint density at radius 1 is 1.00 bits per heavy atom. The van der Waals surface area contributed by atoms with Crippen LogP contribution >= 0.6 is 0 Å². The first-order valence-corrected chi connectivity index (χ1v) is 9.21. The van der Waals surface area contributed by atoms with Crippen molar-refractivity contribution < 1.29 is 8.42 Å². The van der Waals surface area contributed by atoms with Crippen molar-refractivity contribution in [2.75, 3.05) is 31.1 Å². The zero-order chi connectivity index (χ0) is 15.9. The lowest BCUT2D eigenvalue weighted by molar-refractivity contribution is 0.382. The second kappa shape index (κ2) is 5.57. The van der Waals surface area contributed by atoms with Crippen LogP contribution in [-0.2, 0) is 10.0 Å². The summed E-state index contributed by atoms with van der Waals surface area (Å²) in [7, 11) is -3.07. The molecule has 0 spiro atoms. The molecule has 2 aromatic heterocycles. The van der Waals surface area contributed by atoms with E-state index in [9.17, 15) is 8.42 Å². The van der Waals surface area contributed by atoms with Crippen molar-refractivity contribution in [3.05, 3.63) is 30.9 Å². The van der Waals surface area contributed by atoms with E-state index in [1.165, 1.54) is 0 Å². The normalized spacial score (nSPS) is 19.9. The zero-order valence-corrected chi connectivity index (χ0v) is 13.4. The van der Waals surface area contributed by atoms with Crippen molar-refractivity contribution >= 4 is 15.8 Å². The van der Waals surface area contributed by atoms with Gasteiger partial charge in [0.25, 0.3) is 0 Å². The molecule has 0 amide bonds. The monoisotopic (exact) mass is 334 g/mol. The zero-order valence-electron chi connectivity index (χ0n) is 12.6. The Kier molecular flexibility index (Phi) is 3.53. The van der Waals surface area contributed by atoms with Crippen LogP contribution < -0.4 is 4.90 Å². The summed E-state index contributed by atoms with van der Waals surface area (Å²) >= 11 is 0. The quantitative estimate of drug-likeness (QED) is 0.798. The Bertz CT molecular complexity index is 762. The second-order valence-corrected chi connectivity index (χ2v) is 8.06. The Morgan fingerprint density at radius 2 is 1.70 bits per heavy atom. The van der Waals surface area contributed by atoms with E-state index >= 15 is 0 Å². The highest BCUT2D eigenvalue weighted by Gasteiger charge is 2.41. The molecule has 122 valence electrons. The maximum Gasteiger partial charge on any atom is 0.217 e. The lowest BCUT2D eigenvalue weighted by Gasteiger charge is -2.34. The fourth-order valence-electron chi connectivity index (χ4n) is 2.77. The molecule has 23 heavy (non-hydrogen) atoms. The molecule has 0 unspecified atom stereocenters. The molecule has 0 aromatic carbocycles. The molecule has 8 nitrogen and oxygen atoms in total. The van der Waals surface area contributed by atoms with Gasteiger partial charge < -0.3 is 4.90 Å². The van der Waals surface area contributed by atoms with E-state index in [1.54, 1.807) is 21.4 Å². The number of anilines is 1. The first-order valence-electron chi connectivity index (χ1n) is 7.70. The summed E-state index contributed by atoms with van der Waals surface area (Å²) in [4.78, 5) is 6.06. The molecule has 2 aromatic rings. The highest BCUT2D eigenvalue weighted by atomic mass is 32.2. The van der Waals surface area contributed by atoms with Gasteiger partial charge in [-0.25, -0.2) is 13.4 Å². The number of hydrogen-bond donors (Lipinski definition) is 0. The van der Waals surface area contributed by atoms with Crippen LogP contribution in [0.25, 0.3) is 5.82 Å². The van der Waals surface area contributed by atoms with Crippen LogP contribution in [0.15, 0.2) is 30.9 Å². The van der Waals surface area contributed by atoms with E-state index in [0.717, 1.165) is 18.7 Å². The van der Waals surface area contributed by atoms with Gasteiger partial charge in [0, 0.05) is 38.6 Å². The number of piperazine rings is 1. The van der Waals surface area contributed by atoms with Crippen molar-refractivity contribution in [3.8, 4) is 5.82 Å². The highest BCUT2D eigenvalue weighted by Crippen LogP contribution is 2.31. The van der Waals surface area contributed by atoms with Crippen LogP contribution in [0.5, 0.6) is 0 Å². The summed E-state index contributed by atoms with van der Waals surface area (Å²) in [5, 5.41) is 8.32. The molecule has 3 heterocycles. The molecule has 1 saturated heterocycles. The van der Waals surface area contributed by atoms with Crippen LogP contribution in [0.3, 0.4) is 0 Å². The molecule has 4 rings (SSSR count). The van der Waals surface area contributed by atoms with E-state index in [4.69, 9.17) is 0 Å². The van der Waals surface area contributed by atoms with Crippen LogP contribution in [0, 0.1) is 0 Å². The SMILES string of the molecule is O=S(=O)(C1CC1)N1CCN(c2ccc(-n3ccnc3)nn2)CC1. The highest BCUT2D eigenvalue weighted by molar-refractivity contribution is 7.90. The van der Waals surface area contributed by atoms with Crippen molar-refractivity contribution in [1.29, 1.82) is 0 Å². The van der Waals surface area contributed by atoms with Crippen molar-refractivity contribution in [2.24, 2.45) is 0 Å². The van der Waals surface area contributed by atoms with Gasteiger partial charge in [-0.15, -0.1) is 10.2 Å².